The van der Waals surface area contributed by atoms with Crippen molar-refractivity contribution >= 4 is 57.8 Å². The summed E-state index contributed by atoms with van der Waals surface area (Å²) in [6, 6.07) is 48.0. The molecule has 0 N–H and O–H groups in total. The molecule has 2 aromatic heterocycles. The van der Waals surface area contributed by atoms with E-state index in [1.54, 1.807) is 0 Å². The highest BCUT2D eigenvalue weighted by Gasteiger charge is 2.36. The standard InChI is InChI=1S/C65H78N4OSi/c1-61(2,3)44-29-30-66-59(38-44)69-55-28-25-42(43-31-45(62(4,5)6)34-46(32-43)63(7,8)9)33-54(55)53-27-26-52(40-57(53)69)70-51-22-19-21-49(39-51)67-41-68(60-56(67)23-20-24-58(60)71(16,17)18)50-36-47(64(10,11)12)35-48(37-50)65(13,14)15/h19-40H,41H2,1-18H3. The fourth-order valence-corrected chi connectivity index (χ4v) is 11.6. The lowest BCUT2D eigenvalue weighted by Crippen LogP contribution is -2.40. The fourth-order valence-electron chi connectivity index (χ4n) is 10.00. The SMILES string of the molecule is CC(C)(C)c1cc(-c2ccc3c(c2)c2ccc(Oc4cccc(N5CN(c6cc(C(C)(C)C)cc(C(C)(C)C)c6)c6c5cccc6[Si](C)(C)C)c4)cc2n3-c2cc(C(C)(C)C)ccn2)cc(C(C)(C)C)c1. The monoisotopic (exact) mass is 959 g/mol. The van der Waals surface area contributed by atoms with Gasteiger partial charge >= 0.3 is 0 Å². The first-order chi connectivity index (χ1) is 32.9. The van der Waals surface area contributed by atoms with E-state index in [-0.39, 0.29) is 27.1 Å². The maximum absolute atomic E-state index is 6.95. The zero-order valence-electron chi connectivity index (χ0n) is 46.1. The van der Waals surface area contributed by atoms with Crippen LogP contribution in [0.5, 0.6) is 11.5 Å². The molecule has 0 radical (unpaired) electrons. The van der Waals surface area contributed by atoms with Crippen molar-refractivity contribution < 1.29 is 4.74 Å². The van der Waals surface area contributed by atoms with Crippen LogP contribution >= 0.6 is 0 Å². The van der Waals surface area contributed by atoms with Gasteiger partial charge in [0, 0.05) is 40.5 Å². The second-order valence-corrected chi connectivity index (χ2v) is 31.5. The van der Waals surface area contributed by atoms with Crippen molar-refractivity contribution in [1.82, 2.24) is 9.55 Å². The molecular weight excluding hydrogens is 881 g/mol. The van der Waals surface area contributed by atoms with Crippen LogP contribution < -0.4 is 19.7 Å². The van der Waals surface area contributed by atoms with Gasteiger partial charge in [0.1, 0.15) is 24.0 Å². The molecule has 6 aromatic carbocycles. The third-order valence-corrected chi connectivity index (χ3v) is 16.6. The zero-order chi connectivity index (χ0) is 51.4. The van der Waals surface area contributed by atoms with Crippen molar-refractivity contribution in [3.8, 4) is 28.4 Å². The summed E-state index contributed by atoms with van der Waals surface area (Å²) in [6.45, 7) is 42.7. The van der Waals surface area contributed by atoms with Gasteiger partial charge in [-0.25, -0.2) is 4.98 Å². The summed E-state index contributed by atoms with van der Waals surface area (Å²) < 4.78 is 9.28. The minimum atomic E-state index is -1.77. The lowest BCUT2D eigenvalue weighted by molar-refractivity contribution is 0.483. The molecule has 0 atom stereocenters. The van der Waals surface area contributed by atoms with Gasteiger partial charge in [-0.1, -0.05) is 172 Å². The van der Waals surface area contributed by atoms with E-state index in [1.807, 2.05) is 6.20 Å². The van der Waals surface area contributed by atoms with Crippen LogP contribution in [0.25, 0.3) is 38.8 Å². The third-order valence-electron chi connectivity index (χ3n) is 14.6. The molecule has 3 heterocycles. The lowest BCUT2D eigenvalue weighted by atomic mass is 9.79. The molecule has 0 aliphatic carbocycles. The summed E-state index contributed by atoms with van der Waals surface area (Å²) in [6.07, 6.45) is 1.95. The number of pyridine rings is 1. The van der Waals surface area contributed by atoms with Crippen molar-refractivity contribution in [1.29, 1.82) is 0 Å². The topological polar surface area (TPSA) is 33.5 Å². The number of rotatable bonds is 7. The van der Waals surface area contributed by atoms with Crippen LogP contribution in [0, 0.1) is 0 Å². The van der Waals surface area contributed by atoms with Gasteiger partial charge in [0.05, 0.1) is 30.5 Å². The number of fused-ring (bicyclic) bond motifs is 4. The van der Waals surface area contributed by atoms with Gasteiger partial charge in [0.2, 0.25) is 0 Å². The Kier molecular flexibility index (Phi) is 12.1. The fraction of sp³-hybridized carbons (Fsp3) is 0.369. The summed E-state index contributed by atoms with van der Waals surface area (Å²) in [5.41, 5.74) is 16.2. The molecule has 0 amide bonds. The van der Waals surface area contributed by atoms with Crippen molar-refractivity contribution in [3.05, 3.63) is 161 Å². The molecule has 8 aromatic rings. The van der Waals surface area contributed by atoms with Crippen LogP contribution in [0.2, 0.25) is 19.6 Å². The Morgan fingerprint density at radius 2 is 1.03 bits per heavy atom. The quantitative estimate of drug-likeness (QED) is 0.149. The van der Waals surface area contributed by atoms with E-state index in [1.165, 1.54) is 66.6 Å². The van der Waals surface area contributed by atoms with E-state index in [9.17, 15) is 0 Å². The van der Waals surface area contributed by atoms with Crippen LogP contribution in [0.3, 0.4) is 0 Å². The highest BCUT2D eigenvalue weighted by molar-refractivity contribution is 6.90. The van der Waals surface area contributed by atoms with Crippen molar-refractivity contribution in [2.75, 3.05) is 16.5 Å². The molecule has 0 saturated heterocycles. The third kappa shape index (κ3) is 9.82. The second-order valence-electron chi connectivity index (χ2n) is 26.5. The number of ether oxygens (including phenoxy) is 1. The summed E-state index contributed by atoms with van der Waals surface area (Å²) in [5, 5.41) is 3.81. The van der Waals surface area contributed by atoms with E-state index >= 15 is 0 Å². The first kappa shape index (κ1) is 49.9. The van der Waals surface area contributed by atoms with Crippen LogP contribution in [0.4, 0.5) is 22.7 Å². The van der Waals surface area contributed by atoms with E-state index in [2.05, 4.69) is 265 Å². The molecule has 0 saturated carbocycles. The predicted molar refractivity (Wildman–Crippen MR) is 309 cm³/mol. The minimum absolute atomic E-state index is 0.00458. The van der Waals surface area contributed by atoms with Gasteiger partial charge in [-0.15, -0.1) is 0 Å². The molecule has 0 spiro atoms. The Labute approximate surface area is 426 Å². The minimum Gasteiger partial charge on any atom is -0.457 e. The van der Waals surface area contributed by atoms with E-state index in [0.29, 0.717) is 6.67 Å². The van der Waals surface area contributed by atoms with Gasteiger partial charge in [0.15, 0.2) is 0 Å². The first-order valence-corrected chi connectivity index (χ1v) is 29.3. The number of anilines is 4. The maximum atomic E-state index is 6.95. The molecule has 1 aliphatic rings. The average molecular weight is 959 g/mol. The lowest BCUT2D eigenvalue weighted by Gasteiger charge is -2.31. The summed E-state index contributed by atoms with van der Waals surface area (Å²) in [5.74, 6) is 2.46. The molecule has 5 nitrogen and oxygen atoms in total. The molecule has 1 aliphatic heterocycles. The van der Waals surface area contributed by atoms with Crippen molar-refractivity contribution in [3.63, 3.8) is 0 Å². The molecule has 368 valence electrons. The Bertz CT molecular complexity index is 3270. The number of benzene rings is 6. The van der Waals surface area contributed by atoms with Gasteiger partial charge in [-0.3, -0.25) is 4.57 Å². The van der Waals surface area contributed by atoms with Gasteiger partial charge in [0.25, 0.3) is 0 Å². The Balaban J connectivity index is 1.15. The van der Waals surface area contributed by atoms with E-state index < -0.39 is 8.07 Å². The predicted octanol–water partition coefficient (Wildman–Crippen LogP) is 17.9. The maximum Gasteiger partial charge on any atom is 0.137 e. The number of para-hydroxylation sites is 1. The average Bonchev–Trinajstić information content (AvgIpc) is 3.83. The Morgan fingerprint density at radius 1 is 0.451 bits per heavy atom. The number of hydrogen-bond donors (Lipinski definition) is 0. The first-order valence-electron chi connectivity index (χ1n) is 25.8. The zero-order valence-corrected chi connectivity index (χ0v) is 47.1. The number of hydrogen-bond acceptors (Lipinski definition) is 4. The van der Waals surface area contributed by atoms with Crippen molar-refractivity contribution in [2.45, 2.75) is 151 Å². The Hall–Kier alpha value is -6.11. The highest BCUT2D eigenvalue weighted by atomic mass is 28.3. The van der Waals surface area contributed by atoms with Gasteiger partial charge in [-0.2, -0.15) is 0 Å². The van der Waals surface area contributed by atoms with Crippen LogP contribution in [-0.4, -0.2) is 24.3 Å². The second kappa shape index (κ2) is 17.3. The molecule has 71 heavy (non-hydrogen) atoms. The number of nitrogens with zero attached hydrogens (tertiary/aromatic N) is 4. The summed E-state index contributed by atoms with van der Waals surface area (Å²) in [4.78, 5) is 10.1. The van der Waals surface area contributed by atoms with Crippen LogP contribution in [-0.2, 0) is 27.1 Å². The Morgan fingerprint density at radius 3 is 1.62 bits per heavy atom. The molecule has 0 bridgehead atoms. The molecule has 0 unspecified atom stereocenters. The molecular formula is C65H78N4OSi. The normalized spacial score (nSPS) is 13.9. The smallest absolute Gasteiger partial charge is 0.137 e. The van der Waals surface area contributed by atoms with Crippen LogP contribution in [0.15, 0.2) is 134 Å². The molecule has 0 fully saturated rings. The van der Waals surface area contributed by atoms with Crippen LogP contribution in [0.1, 0.15) is 132 Å². The largest absolute Gasteiger partial charge is 0.457 e. The van der Waals surface area contributed by atoms with Crippen molar-refractivity contribution in [2.24, 2.45) is 0 Å². The summed E-state index contributed by atoms with van der Waals surface area (Å²) in [7, 11) is -1.77. The van der Waals surface area contributed by atoms with E-state index in [0.717, 1.165) is 39.4 Å². The summed E-state index contributed by atoms with van der Waals surface area (Å²) >= 11 is 0. The molecule has 9 rings (SSSR count). The molecule has 6 heteroatoms. The highest BCUT2D eigenvalue weighted by Crippen LogP contribution is 2.47. The van der Waals surface area contributed by atoms with Gasteiger partial charge in [-0.05, 0) is 138 Å². The van der Waals surface area contributed by atoms with E-state index in [4.69, 9.17) is 9.72 Å². The number of aromatic nitrogens is 2. The van der Waals surface area contributed by atoms with Gasteiger partial charge < -0.3 is 14.5 Å².